The van der Waals surface area contributed by atoms with Gasteiger partial charge in [0.2, 0.25) is 10.0 Å². The molecule has 0 amide bonds. The van der Waals surface area contributed by atoms with E-state index < -0.39 is 10.0 Å². The molecule has 4 rings (SSSR count). The fraction of sp³-hybridized carbons (Fsp3) is 0.360. The minimum absolute atomic E-state index is 0.100. The minimum Gasteiger partial charge on any atom is -0.497 e. The molecule has 36 heavy (non-hydrogen) atoms. The lowest BCUT2D eigenvalue weighted by Gasteiger charge is -2.23. The van der Waals surface area contributed by atoms with Crippen LogP contribution in [0.15, 0.2) is 46.9 Å². The summed E-state index contributed by atoms with van der Waals surface area (Å²) in [5, 5.41) is 6.22. The van der Waals surface area contributed by atoms with Crippen LogP contribution in [-0.2, 0) is 27.8 Å². The van der Waals surface area contributed by atoms with Crippen LogP contribution in [0.25, 0.3) is 21.9 Å². The van der Waals surface area contributed by atoms with E-state index in [4.69, 9.17) is 25.3 Å². The number of methoxy groups -OCH3 is 1. The summed E-state index contributed by atoms with van der Waals surface area (Å²) in [4.78, 5) is 9.42. The number of hydrogen-bond acceptors (Lipinski definition) is 7. The van der Waals surface area contributed by atoms with E-state index in [0.29, 0.717) is 43.0 Å². The van der Waals surface area contributed by atoms with Crippen molar-refractivity contribution < 1.29 is 17.9 Å². The lowest BCUT2D eigenvalue weighted by atomic mass is 10.0. The number of rotatable bonds is 11. The first-order valence-corrected chi connectivity index (χ1v) is 14.2. The second-order valence-electron chi connectivity index (χ2n) is 8.61. The zero-order valence-corrected chi connectivity index (χ0v) is 22.7. The van der Waals surface area contributed by atoms with E-state index in [0.717, 1.165) is 32.2 Å². The van der Waals surface area contributed by atoms with E-state index in [1.54, 1.807) is 7.11 Å². The molecule has 0 fully saturated rings. The highest BCUT2D eigenvalue weighted by molar-refractivity contribution is 9.10. The molecular weight excluding hydrogens is 546 g/mol. The Morgan fingerprint density at radius 3 is 2.56 bits per heavy atom. The van der Waals surface area contributed by atoms with Crippen molar-refractivity contribution in [1.82, 2.24) is 14.5 Å². The zero-order chi connectivity index (χ0) is 25.9. The number of aromatic nitrogens is 3. The Morgan fingerprint density at radius 2 is 1.89 bits per heavy atom. The van der Waals surface area contributed by atoms with E-state index in [-0.39, 0.29) is 18.4 Å². The molecule has 2 aromatic heterocycles. The summed E-state index contributed by atoms with van der Waals surface area (Å²) < 4.78 is 37.5. The number of nitrogens with two attached hydrogens (primary N) is 2. The van der Waals surface area contributed by atoms with Gasteiger partial charge in [-0.2, -0.15) is 0 Å². The lowest BCUT2D eigenvalue weighted by Crippen LogP contribution is -2.20. The van der Waals surface area contributed by atoms with Crippen LogP contribution in [0.5, 0.6) is 5.75 Å². The van der Waals surface area contributed by atoms with E-state index in [2.05, 4.69) is 25.5 Å². The van der Waals surface area contributed by atoms with Gasteiger partial charge in [-0.1, -0.05) is 28.1 Å². The van der Waals surface area contributed by atoms with Crippen molar-refractivity contribution in [3.05, 3.63) is 58.3 Å². The van der Waals surface area contributed by atoms with Crippen molar-refractivity contribution in [1.29, 1.82) is 0 Å². The number of imidazole rings is 1. The summed E-state index contributed by atoms with van der Waals surface area (Å²) in [6.45, 7) is 2.74. The third-order valence-electron chi connectivity index (χ3n) is 6.08. The monoisotopic (exact) mass is 575 g/mol. The fourth-order valence-electron chi connectivity index (χ4n) is 4.46. The molecule has 1 atom stereocenters. The van der Waals surface area contributed by atoms with E-state index >= 15 is 0 Å². The molecule has 0 radical (unpaired) electrons. The van der Waals surface area contributed by atoms with Crippen molar-refractivity contribution in [2.45, 2.75) is 38.8 Å². The molecular formula is C25H30BrN5O4S. The standard InChI is InChI=1S/C25H30BrN5O4S/c1-3-35-15-22-30-23-24(20-11-8-17(26)14-21(20)29-25(23)27)31(22)18(5-4-12-36(28,32)33)13-16-6-9-19(34-2)10-7-16/h6-11,14,18H,3-5,12-13,15H2,1-2H3,(H2,27,29)(H2,28,32,33). The molecule has 4 aromatic rings. The molecule has 11 heteroatoms. The van der Waals surface area contributed by atoms with Crippen molar-refractivity contribution in [3.8, 4) is 5.75 Å². The number of anilines is 1. The number of sulfonamides is 1. The van der Waals surface area contributed by atoms with E-state index in [1.165, 1.54) is 0 Å². The van der Waals surface area contributed by atoms with Crippen LogP contribution in [-0.4, -0.2) is 42.4 Å². The number of fused-ring (bicyclic) bond motifs is 3. The zero-order valence-electron chi connectivity index (χ0n) is 20.3. The smallest absolute Gasteiger partial charge is 0.209 e. The Labute approximate surface area is 219 Å². The first-order chi connectivity index (χ1) is 17.2. The van der Waals surface area contributed by atoms with Crippen molar-refractivity contribution in [3.63, 3.8) is 0 Å². The van der Waals surface area contributed by atoms with E-state index in [9.17, 15) is 8.42 Å². The van der Waals surface area contributed by atoms with Crippen LogP contribution >= 0.6 is 15.9 Å². The minimum atomic E-state index is -3.58. The number of hydrogen-bond donors (Lipinski definition) is 2. The molecule has 0 saturated heterocycles. The molecule has 1 unspecified atom stereocenters. The average molecular weight is 577 g/mol. The maximum Gasteiger partial charge on any atom is 0.209 e. The van der Waals surface area contributed by atoms with Crippen LogP contribution in [0.4, 0.5) is 5.82 Å². The van der Waals surface area contributed by atoms with Gasteiger partial charge in [-0.15, -0.1) is 0 Å². The van der Waals surface area contributed by atoms with Crippen LogP contribution < -0.4 is 15.6 Å². The van der Waals surface area contributed by atoms with Gasteiger partial charge in [-0.3, -0.25) is 0 Å². The van der Waals surface area contributed by atoms with Gasteiger partial charge in [0.05, 0.1) is 23.9 Å². The molecule has 2 aromatic carbocycles. The Balaban J connectivity index is 1.89. The van der Waals surface area contributed by atoms with Crippen LogP contribution in [0.3, 0.4) is 0 Å². The number of benzene rings is 2. The maximum atomic E-state index is 11.7. The van der Waals surface area contributed by atoms with Gasteiger partial charge >= 0.3 is 0 Å². The fourth-order valence-corrected chi connectivity index (χ4v) is 5.38. The molecule has 4 N–H and O–H groups in total. The predicted molar refractivity (Wildman–Crippen MR) is 145 cm³/mol. The Bertz CT molecular complexity index is 1470. The summed E-state index contributed by atoms with van der Waals surface area (Å²) in [6.07, 6.45) is 1.60. The van der Waals surface area contributed by atoms with Crippen LogP contribution in [0.1, 0.15) is 37.2 Å². The first kappa shape index (κ1) is 26.3. The van der Waals surface area contributed by atoms with Crippen LogP contribution in [0.2, 0.25) is 0 Å². The number of primary sulfonamides is 1. The van der Waals surface area contributed by atoms with Gasteiger partial charge < -0.3 is 19.8 Å². The summed E-state index contributed by atoms with van der Waals surface area (Å²) in [6, 6.07) is 13.6. The highest BCUT2D eigenvalue weighted by Gasteiger charge is 2.24. The van der Waals surface area contributed by atoms with Crippen molar-refractivity contribution in [2.75, 3.05) is 25.2 Å². The normalized spacial score (nSPS) is 12.9. The molecule has 192 valence electrons. The molecule has 0 bridgehead atoms. The van der Waals surface area contributed by atoms with Gasteiger partial charge in [0, 0.05) is 22.5 Å². The molecule has 0 saturated carbocycles. The summed E-state index contributed by atoms with van der Waals surface area (Å²) >= 11 is 3.51. The van der Waals surface area contributed by atoms with Gasteiger partial charge in [-0.05, 0) is 62.1 Å². The Kier molecular flexibility index (Phi) is 8.13. The number of nitrogens with zero attached hydrogens (tertiary/aromatic N) is 3. The third-order valence-corrected chi connectivity index (χ3v) is 7.43. The topological polar surface area (TPSA) is 135 Å². The van der Waals surface area contributed by atoms with Gasteiger partial charge in [0.25, 0.3) is 0 Å². The molecule has 9 nitrogen and oxygen atoms in total. The SMILES string of the molecule is CCOCc1nc2c(N)nc3cc(Br)ccc3c2n1C(CCCS(N)(=O)=O)Cc1ccc(OC)cc1. The van der Waals surface area contributed by atoms with Crippen LogP contribution in [0, 0.1) is 0 Å². The highest BCUT2D eigenvalue weighted by Crippen LogP contribution is 2.35. The summed E-state index contributed by atoms with van der Waals surface area (Å²) in [5.41, 5.74) is 9.65. The Morgan fingerprint density at radius 1 is 1.14 bits per heavy atom. The van der Waals surface area contributed by atoms with Crippen molar-refractivity contribution >= 4 is 53.7 Å². The quantitative estimate of drug-likeness (QED) is 0.271. The number of halogens is 1. The molecule has 2 heterocycles. The second-order valence-corrected chi connectivity index (χ2v) is 11.3. The van der Waals surface area contributed by atoms with Gasteiger partial charge in [0.1, 0.15) is 23.7 Å². The largest absolute Gasteiger partial charge is 0.497 e. The highest BCUT2D eigenvalue weighted by atomic mass is 79.9. The lowest BCUT2D eigenvalue weighted by molar-refractivity contribution is 0.124. The van der Waals surface area contributed by atoms with E-state index in [1.807, 2.05) is 49.4 Å². The maximum absolute atomic E-state index is 11.7. The Hall–Kier alpha value is -2.73. The summed E-state index contributed by atoms with van der Waals surface area (Å²) in [5.74, 6) is 1.71. The van der Waals surface area contributed by atoms with Gasteiger partial charge in [-0.25, -0.2) is 23.5 Å². The number of ether oxygens (including phenoxy) is 2. The van der Waals surface area contributed by atoms with Crippen molar-refractivity contribution in [2.24, 2.45) is 5.14 Å². The number of nitrogen functional groups attached to an aromatic ring is 1. The molecule has 0 aliphatic rings. The predicted octanol–water partition coefficient (Wildman–Crippen LogP) is 4.33. The summed E-state index contributed by atoms with van der Waals surface area (Å²) in [7, 11) is -1.96. The van der Waals surface area contributed by atoms with Gasteiger partial charge in [0.15, 0.2) is 5.82 Å². The third kappa shape index (κ3) is 5.97. The number of pyridine rings is 1. The second kappa shape index (κ2) is 11.1. The molecule has 0 aliphatic heterocycles. The average Bonchev–Trinajstić information content (AvgIpc) is 3.22. The first-order valence-electron chi connectivity index (χ1n) is 11.7. The molecule has 0 spiro atoms. The molecule has 0 aliphatic carbocycles.